The third-order valence-corrected chi connectivity index (χ3v) is 4.52. The van der Waals surface area contributed by atoms with Crippen molar-refractivity contribution in [3.8, 4) is 0 Å². The maximum Gasteiger partial charge on any atom is 0.419 e. The molecule has 0 spiro atoms. The molecular weight excluding hydrogens is 331 g/mol. The first-order chi connectivity index (χ1) is 11.6. The predicted molar refractivity (Wildman–Crippen MR) is 91.3 cm³/mol. The summed E-state index contributed by atoms with van der Waals surface area (Å²) in [6.45, 7) is 6.72. The van der Waals surface area contributed by atoms with Crippen LogP contribution in [0.4, 0.5) is 19.0 Å². The van der Waals surface area contributed by atoms with Gasteiger partial charge in [-0.1, -0.05) is 13.3 Å². The summed E-state index contributed by atoms with van der Waals surface area (Å²) in [5, 5.41) is 3.04. The van der Waals surface area contributed by atoms with Crippen LogP contribution in [0, 0.1) is 5.92 Å². The van der Waals surface area contributed by atoms with Crippen LogP contribution in [0.1, 0.15) is 52.0 Å². The number of nitrogens with one attached hydrogen (secondary N) is 1. The Morgan fingerprint density at radius 3 is 2.76 bits per heavy atom. The molecule has 1 aliphatic heterocycles. The molecule has 140 valence electrons. The molecule has 0 aliphatic carbocycles. The molecule has 1 aliphatic rings. The van der Waals surface area contributed by atoms with Gasteiger partial charge in [-0.25, -0.2) is 4.98 Å². The van der Waals surface area contributed by atoms with Gasteiger partial charge in [0, 0.05) is 24.8 Å². The molecule has 2 heterocycles. The van der Waals surface area contributed by atoms with Gasteiger partial charge in [0.15, 0.2) is 0 Å². The van der Waals surface area contributed by atoms with E-state index in [0.29, 0.717) is 19.4 Å². The zero-order valence-electron chi connectivity index (χ0n) is 15.0. The Hall–Kier alpha value is -1.79. The van der Waals surface area contributed by atoms with Gasteiger partial charge in [-0.05, 0) is 45.2 Å². The van der Waals surface area contributed by atoms with Crippen LogP contribution in [-0.4, -0.2) is 29.5 Å². The van der Waals surface area contributed by atoms with Gasteiger partial charge in [-0.15, -0.1) is 0 Å². The number of aromatic nitrogens is 1. The van der Waals surface area contributed by atoms with Crippen LogP contribution in [0.15, 0.2) is 18.3 Å². The Bertz CT molecular complexity index is 601. The van der Waals surface area contributed by atoms with Gasteiger partial charge >= 0.3 is 6.18 Å². The molecular formula is C18H26F3N3O. The maximum absolute atomic E-state index is 13.2. The number of amides is 1. The Kier molecular flexibility index (Phi) is 5.95. The molecule has 0 saturated carbocycles. The third kappa shape index (κ3) is 5.09. The Labute approximate surface area is 146 Å². The quantitative estimate of drug-likeness (QED) is 0.866. The van der Waals surface area contributed by atoms with Crippen molar-refractivity contribution in [1.82, 2.24) is 10.3 Å². The number of nitrogens with zero attached hydrogens (tertiary/aromatic N) is 2. The summed E-state index contributed by atoms with van der Waals surface area (Å²) in [7, 11) is 0. The summed E-state index contributed by atoms with van der Waals surface area (Å²) < 4.78 is 39.7. The summed E-state index contributed by atoms with van der Waals surface area (Å²) in [6.07, 6.45) is 0.0556. The van der Waals surface area contributed by atoms with Gasteiger partial charge in [-0.3, -0.25) is 4.79 Å². The van der Waals surface area contributed by atoms with Crippen LogP contribution < -0.4 is 10.2 Å². The summed E-state index contributed by atoms with van der Waals surface area (Å²) in [5.41, 5.74) is -1.06. The van der Waals surface area contributed by atoms with Crippen LogP contribution >= 0.6 is 0 Å². The first-order valence-electron chi connectivity index (χ1n) is 8.73. The SMILES string of the molecule is CCCC(C)(C)NC(=O)C1CCCN(c2ncccc2C(F)(F)F)C1. The van der Waals surface area contributed by atoms with Crippen molar-refractivity contribution >= 4 is 11.7 Å². The number of hydrogen-bond donors (Lipinski definition) is 1. The lowest BCUT2D eigenvalue weighted by molar-refractivity contribution is -0.137. The number of pyridine rings is 1. The van der Waals surface area contributed by atoms with Crippen molar-refractivity contribution in [3.05, 3.63) is 23.9 Å². The smallest absolute Gasteiger partial charge is 0.355 e. The highest BCUT2D eigenvalue weighted by Crippen LogP contribution is 2.36. The van der Waals surface area contributed by atoms with Crippen molar-refractivity contribution in [2.45, 2.75) is 58.2 Å². The Balaban J connectivity index is 2.13. The molecule has 1 N–H and O–H groups in total. The summed E-state index contributed by atoms with van der Waals surface area (Å²) in [4.78, 5) is 18.1. The number of anilines is 1. The Morgan fingerprint density at radius 1 is 1.40 bits per heavy atom. The first-order valence-corrected chi connectivity index (χ1v) is 8.73. The highest BCUT2D eigenvalue weighted by atomic mass is 19.4. The normalized spacial score (nSPS) is 19.0. The van der Waals surface area contributed by atoms with E-state index in [2.05, 4.69) is 17.2 Å². The average Bonchev–Trinajstić information content (AvgIpc) is 2.53. The van der Waals surface area contributed by atoms with E-state index in [1.165, 1.54) is 12.3 Å². The zero-order chi connectivity index (χ0) is 18.7. The van der Waals surface area contributed by atoms with E-state index in [-0.39, 0.29) is 29.7 Å². The summed E-state index contributed by atoms with van der Waals surface area (Å²) in [6, 6.07) is 2.32. The molecule has 0 bridgehead atoms. The number of carbonyl (C=O) groups excluding carboxylic acids is 1. The van der Waals surface area contributed by atoms with Crippen LogP contribution in [0.2, 0.25) is 0 Å². The molecule has 1 fully saturated rings. The minimum absolute atomic E-state index is 0.0830. The molecule has 1 aromatic rings. The second kappa shape index (κ2) is 7.62. The Morgan fingerprint density at radius 2 is 2.12 bits per heavy atom. The monoisotopic (exact) mass is 357 g/mol. The fourth-order valence-corrected chi connectivity index (χ4v) is 3.38. The average molecular weight is 357 g/mol. The zero-order valence-corrected chi connectivity index (χ0v) is 15.0. The minimum atomic E-state index is -4.46. The molecule has 0 aromatic carbocycles. The van der Waals surface area contributed by atoms with Gasteiger partial charge in [0.2, 0.25) is 5.91 Å². The van der Waals surface area contributed by atoms with E-state index in [4.69, 9.17) is 0 Å². The first kappa shape index (κ1) is 19.5. The number of piperidine rings is 1. The maximum atomic E-state index is 13.2. The van der Waals surface area contributed by atoms with E-state index in [1.807, 2.05) is 13.8 Å². The van der Waals surface area contributed by atoms with Crippen molar-refractivity contribution in [3.63, 3.8) is 0 Å². The lowest BCUT2D eigenvalue weighted by Gasteiger charge is -2.36. The fourth-order valence-electron chi connectivity index (χ4n) is 3.38. The molecule has 1 atom stereocenters. The summed E-state index contributed by atoms with van der Waals surface area (Å²) in [5.74, 6) is -0.499. The van der Waals surface area contributed by atoms with Crippen LogP contribution in [0.5, 0.6) is 0 Å². The highest BCUT2D eigenvalue weighted by molar-refractivity contribution is 5.80. The topological polar surface area (TPSA) is 45.2 Å². The lowest BCUT2D eigenvalue weighted by atomic mass is 9.93. The van der Waals surface area contributed by atoms with Crippen LogP contribution in [-0.2, 0) is 11.0 Å². The molecule has 1 saturated heterocycles. The van der Waals surface area contributed by atoms with Crippen molar-refractivity contribution in [1.29, 1.82) is 0 Å². The van der Waals surface area contributed by atoms with Crippen molar-refractivity contribution in [2.75, 3.05) is 18.0 Å². The van der Waals surface area contributed by atoms with Gasteiger partial charge in [0.05, 0.1) is 11.5 Å². The fraction of sp³-hybridized carbons (Fsp3) is 0.667. The van der Waals surface area contributed by atoms with E-state index in [0.717, 1.165) is 18.9 Å². The van der Waals surface area contributed by atoms with Crippen LogP contribution in [0.3, 0.4) is 0 Å². The van der Waals surface area contributed by atoms with E-state index in [1.54, 1.807) is 4.90 Å². The van der Waals surface area contributed by atoms with Gasteiger partial charge < -0.3 is 10.2 Å². The van der Waals surface area contributed by atoms with E-state index in [9.17, 15) is 18.0 Å². The van der Waals surface area contributed by atoms with E-state index >= 15 is 0 Å². The molecule has 25 heavy (non-hydrogen) atoms. The molecule has 0 radical (unpaired) electrons. The predicted octanol–water partition coefficient (Wildman–Crippen LogP) is 4.01. The second-order valence-electron chi connectivity index (χ2n) is 7.28. The number of hydrogen-bond acceptors (Lipinski definition) is 3. The number of halogens is 3. The van der Waals surface area contributed by atoms with Crippen LogP contribution in [0.25, 0.3) is 0 Å². The number of alkyl halides is 3. The minimum Gasteiger partial charge on any atom is -0.355 e. The molecule has 1 aromatic heterocycles. The number of rotatable bonds is 5. The standard InChI is InChI=1S/C18H26F3N3O/c1-4-9-17(2,3)23-16(25)13-7-6-11-24(12-13)15-14(18(19,20)21)8-5-10-22-15/h5,8,10,13H,4,6-7,9,11-12H2,1-3H3,(H,23,25). The van der Waals surface area contributed by atoms with Gasteiger partial charge in [0.1, 0.15) is 5.82 Å². The largest absolute Gasteiger partial charge is 0.419 e. The van der Waals surface area contributed by atoms with Gasteiger partial charge in [0.25, 0.3) is 0 Å². The summed E-state index contributed by atoms with van der Waals surface area (Å²) >= 11 is 0. The lowest BCUT2D eigenvalue weighted by Crippen LogP contribution is -2.50. The van der Waals surface area contributed by atoms with Crippen molar-refractivity contribution in [2.24, 2.45) is 5.92 Å². The van der Waals surface area contributed by atoms with Gasteiger partial charge in [-0.2, -0.15) is 13.2 Å². The molecule has 4 nitrogen and oxygen atoms in total. The number of carbonyl (C=O) groups is 1. The second-order valence-corrected chi connectivity index (χ2v) is 7.28. The van der Waals surface area contributed by atoms with Crippen molar-refractivity contribution < 1.29 is 18.0 Å². The molecule has 1 unspecified atom stereocenters. The third-order valence-electron chi connectivity index (χ3n) is 4.52. The molecule has 1 amide bonds. The molecule has 7 heteroatoms. The van der Waals surface area contributed by atoms with E-state index < -0.39 is 11.7 Å². The molecule has 2 rings (SSSR count). The highest BCUT2D eigenvalue weighted by Gasteiger charge is 2.37.